The third kappa shape index (κ3) is 12.3. The van der Waals surface area contributed by atoms with Gasteiger partial charge in [-0.3, -0.25) is 4.79 Å². The molecule has 1 heterocycles. The first-order valence-corrected chi connectivity index (χ1v) is 13.5. The molecule has 0 saturated heterocycles. The van der Waals surface area contributed by atoms with Crippen molar-refractivity contribution >= 4 is 35.4 Å². The lowest BCUT2D eigenvalue weighted by Gasteiger charge is -2.39. The smallest absolute Gasteiger partial charge is 0.370 e. The predicted molar refractivity (Wildman–Crippen MR) is 142 cm³/mol. The fourth-order valence-electron chi connectivity index (χ4n) is 4.23. The molecule has 0 fully saturated rings. The minimum Gasteiger partial charge on any atom is -0.478 e. The minimum absolute atomic E-state index is 0.232. The number of rotatable bonds is 19. The quantitative estimate of drug-likeness (QED) is 0.0728. The summed E-state index contributed by atoms with van der Waals surface area (Å²) in [5.74, 6) is -2.99. The number of carboxylic acids is 1. The highest BCUT2D eigenvalue weighted by atomic mass is 32.1. The Hall–Kier alpha value is -2.04. The van der Waals surface area contributed by atoms with Crippen molar-refractivity contribution < 1.29 is 34.4 Å². The van der Waals surface area contributed by atoms with Crippen molar-refractivity contribution in [3.05, 3.63) is 11.8 Å². The average Bonchev–Trinajstić information content (AvgIpc) is 2.84. The normalized spacial score (nSPS) is 21.0. The number of unbranched alkanes of at least 4 members (excludes halogenated alkanes) is 10. The zero-order valence-corrected chi connectivity index (χ0v) is 22.4. The van der Waals surface area contributed by atoms with E-state index in [-0.39, 0.29) is 6.42 Å². The highest BCUT2D eigenvalue weighted by Crippen LogP contribution is 2.26. The maximum absolute atomic E-state index is 12.1. The van der Waals surface area contributed by atoms with Gasteiger partial charge in [0.25, 0.3) is 0 Å². The Bertz CT molecular complexity index is 731. The topological polar surface area (TPSA) is 149 Å². The summed E-state index contributed by atoms with van der Waals surface area (Å²) < 4.78 is 10.5. The van der Waals surface area contributed by atoms with E-state index < -0.39 is 54.6 Å². The van der Waals surface area contributed by atoms with Gasteiger partial charge in [-0.2, -0.15) is 0 Å². The van der Waals surface area contributed by atoms with Crippen LogP contribution < -0.4 is 5.32 Å². The molecule has 0 aliphatic carbocycles. The van der Waals surface area contributed by atoms with Gasteiger partial charge in [0, 0.05) is 18.6 Å². The first kappa shape index (κ1) is 32.0. The van der Waals surface area contributed by atoms with Crippen LogP contribution in [0.3, 0.4) is 0 Å². The first-order chi connectivity index (χ1) is 17.2. The number of hydrogen-bond donors (Lipinski definition) is 5. The van der Waals surface area contributed by atoms with Crippen LogP contribution in [0.15, 0.2) is 11.8 Å². The van der Waals surface area contributed by atoms with Gasteiger partial charge in [-0.1, -0.05) is 83.3 Å². The number of hydrogen-bond acceptors (Lipinski definition) is 8. The number of esters is 1. The van der Waals surface area contributed by atoms with Gasteiger partial charge >= 0.3 is 11.9 Å². The summed E-state index contributed by atoms with van der Waals surface area (Å²) in [7, 11) is 0. The van der Waals surface area contributed by atoms with Crippen LogP contribution in [0.5, 0.6) is 0 Å². The summed E-state index contributed by atoms with van der Waals surface area (Å²) in [6.45, 7) is 3.36. The number of carbonyl (C=O) groups excluding carboxylic acids is 1. The Balaban J connectivity index is 2.39. The molecule has 1 aliphatic heterocycles. The molecule has 5 N–H and O–H groups in total. The van der Waals surface area contributed by atoms with Crippen LogP contribution >= 0.6 is 12.2 Å². The van der Waals surface area contributed by atoms with Gasteiger partial charge in [0.05, 0.1) is 11.0 Å². The number of aliphatic hydroxyl groups is 2. The Labute approximate surface area is 220 Å². The molecule has 0 bridgehead atoms. The van der Waals surface area contributed by atoms with E-state index in [1.54, 1.807) is 6.92 Å². The minimum atomic E-state index is -1.59. The van der Waals surface area contributed by atoms with E-state index in [9.17, 15) is 24.9 Å². The molecule has 9 nitrogen and oxygen atoms in total. The largest absolute Gasteiger partial charge is 0.478 e. The van der Waals surface area contributed by atoms with Crippen LogP contribution in [0.25, 0.3) is 0 Å². The number of aliphatic carboxylic acids is 1. The summed E-state index contributed by atoms with van der Waals surface area (Å²) >= 11 is 5.06. The number of carbonyl (C=O) groups is 2. The maximum atomic E-state index is 12.1. The molecule has 0 spiro atoms. The molecule has 5 atom stereocenters. The average molecular weight is 529 g/mol. The van der Waals surface area contributed by atoms with Crippen molar-refractivity contribution in [3.63, 3.8) is 0 Å². The Morgan fingerprint density at radius 2 is 1.67 bits per heavy atom. The highest BCUT2D eigenvalue weighted by Gasteiger charge is 2.43. The van der Waals surface area contributed by atoms with Crippen LogP contribution in [0.4, 0.5) is 0 Å². The lowest BCUT2D eigenvalue weighted by atomic mass is 9.88. The molecule has 10 heteroatoms. The van der Waals surface area contributed by atoms with Gasteiger partial charge < -0.3 is 35.5 Å². The van der Waals surface area contributed by atoms with Crippen molar-refractivity contribution in [1.29, 1.82) is 5.41 Å². The van der Waals surface area contributed by atoms with Crippen molar-refractivity contribution in [1.82, 2.24) is 5.32 Å². The zero-order valence-electron chi connectivity index (χ0n) is 21.6. The van der Waals surface area contributed by atoms with Gasteiger partial charge in [-0.05, 0) is 19.4 Å². The van der Waals surface area contributed by atoms with Gasteiger partial charge in [0.15, 0.2) is 0 Å². The lowest BCUT2D eigenvalue weighted by molar-refractivity contribution is -0.155. The molecule has 1 rings (SSSR count). The number of thiocarbonyl (C=S) groups is 1. The summed E-state index contributed by atoms with van der Waals surface area (Å²) in [5, 5.41) is 40.9. The Morgan fingerprint density at radius 3 is 2.17 bits per heavy atom. The summed E-state index contributed by atoms with van der Waals surface area (Å²) in [4.78, 5) is 23.8. The molecule has 0 saturated carbocycles. The first-order valence-electron chi connectivity index (χ1n) is 13.1. The molecule has 1 aliphatic rings. The van der Waals surface area contributed by atoms with E-state index in [1.165, 1.54) is 51.0 Å². The molecule has 0 aromatic carbocycles. The number of carboxylic acid groups (broad SMARTS) is 1. The summed E-state index contributed by atoms with van der Waals surface area (Å²) in [6.07, 6.45) is 11.0. The van der Waals surface area contributed by atoms with Gasteiger partial charge in [-0.25, -0.2) is 4.79 Å². The van der Waals surface area contributed by atoms with E-state index in [4.69, 9.17) is 27.1 Å². The SMILES string of the molecule is CCCCCCCCCCCCCC(=O)OCC(O)C(O)C1OC(C(=O)O)=CC(C=N)C1NC(C)=S. The second kappa shape index (κ2) is 18.2. The van der Waals surface area contributed by atoms with E-state index in [0.29, 0.717) is 11.4 Å². The number of aliphatic hydroxyl groups excluding tert-OH is 2. The second-order valence-corrected chi connectivity index (χ2v) is 10.0. The third-order valence-corrected chi connectivity index (χ3v) is 6.40. The van der Waals surface area contributed by atoms with Gasteiger partial charge in [0.2, 0.25) is 5.76 Å². The van der Waals surface area contributed by atoms with E-state index in [0.717, 1.165) is 25.5 Å². The fourth-order valence-corrected chi connectivity index (χ4v) is 4.36. The molecule has 0 amide bonds. The van der Waals surface area contributed by atoms with E-state index >= 15 is 0 Å². The molecule has 5 unspecified atom stereocenters. The summed E-state index contributed by atoms with van der Waals surface area (Å²) in [5.41, 5.74) is 0. The zero-order chi connectivity index (χ0) is 26.9. The molecular weight excluding hydrogens is 484 g/mol. The van der Waals surface area contributed by atoms with Crippen LogP contribution in [0, 0.1) is 11.3 Å². The van der Waals surface area contributed by atoms with Crippen molar-refractivity contribution in [3.8, 4) is 0 Å². The van der Waals surface area contributed by atoms with Crippen molar-refractivity contribution in [2.45, 2.75) is 115 Å². The van der Waals surface area contributed by atoms with Crippen LogP contribution in [-0.2, 0) is 19.1 Å². The molecule has 36 heavy (non-hydrogen) atoms. The van der Waals surface area contributed by atoms with Crippen LogP contribution in [0.1, 0.15) is 90.9 Å². The monoisotopic (exact) mass is 528 g/mol. The van der Waals surface area contributed by atoms with Gasteiger partial charge in [-0.15, -0.1) is 0 Å². The number of ether oxygens (including phenoxy) is 2. The molecular formula is C26H44N2O7S. The Kier molecular flexibility index (Phi) is 16.2. The second-order valence-electron chi connectivity index (χ2n) is 9.42. The Morgan fingerprint density at radius 1 is 1.11 bits per heavy atom. The lowest BCUT2D eigenvalue weighted by Crippen LogP contribution is -2.58. The van der Waals surface area contributed by atoms with Crippen LogP contribution in [0.2, 0.25) is 0 Å². The fraction of sp³-hybridized carbons (Fsp3) is 0.769. The molecule has 0 radical (unpaired) electrons. The highest BCUT2D eigenvalue weighted by molar-refractivity contribution is 7.80. The maximum Gasteiger partial charge on any atom is 0.370 e. The van der Waals surface area contributed by atoms with Crippen molar-refractivity contribution in [2.75, 3.05) is 6.61 Å². The van der Waals surface area contributed by atoms with Crippen LogP contribution in [-0.4, -0.2) is 69.4 Å². The molecule has 0 aromatic rings. The molecule has 206 valence electrons. The standard InChI is InChI=1S/C26H44N2O7S/c1-3-4-5-6-7-8-9-10-11-12-13-14-22(30)34-17-20(29)24(31)25-23(28-18(2)36)19(16-27)15-21(35-25)26(32)33/h15-16,19-20,23-25,27,29,31H,3-14,17H2,1-2H3,(H,28,36)(H,32,33). The summed E-state index contributed by atoms with van der Waals surface area (Å²) in [6, 6.07) is -0.778. The molecule has 0 aromatic heterocycles. The van der Waals surface area contributed by atoms with Crippen molar-refractivity contribution in [2.24, 2.45) is 5.92 Å². The van der Waals surface area contributed by atoms with E-state index in [2.05, 4.69) is 12.2 Å². The van der Waals surface area contributed by atoms with E-state index in [1.807, 2.05) is 0 Å². The number of nitrogens with one attached hydrogen (secondary N) is 2. The third-order valence-electron chi connectivity index (χ3n) is 6.28. The van der Waals surface area contributed by atoms with Gasteiger partial charge in [0.1, 0.15) is 24.9 Å². The predicted octanol–water partition coefficient (Wildman–Crippen LogP) is 3.89.